The normalized spacial score (nSPS) is 22.0. The lowest BCUT2D eigenvalue weighted by atomic mass is 9.90. The third kappa shape index (κ3) is 6.97. The number of rotatable bonds is 3. The molecule has 0 saturated heterocycles. The van der Waals surface area contributed by atoms with Crippen LogP contribution in [0, 0.1) is 10.8 Å². The average molecular weight is 225 g/mol. The van der Waals surface area contributed by atoms with Crippen LogP contribution in [-0.2, 0) is 0 Å². The highest BCUT2D eigenvalue weighted by molar-refractivity contribution is 4.63. The molecule has 94 valence electrons. The Balaban J connectivity index is 2.21. The molecule has 1 rings (SSSR count). The van der Waals surface area contributed by atoms with Crippen molar-refractivity contribution in [2.75, 3.05) is 6.54 Å². The molecule has 2 nitrogen and oxygen atoms in total. The van der Waals surface area contributed by atoms with Crippen molar-refractivity contribution in [3.8, 4) is 0 Å². The maximum Gasteiger partial charge on any atom is 0.0813 e. The lowest BCUT2D eigenvalue weighted by Gasteiger charge is -2.16. The van der Waals surface area contributed by atoms with Gasteiger partial charge in [0, 0.05) is 0 Å². The van der Waals surface area contributed by atoms with Gasteiger partial charge in [-0.15, -0.1) is 0 Å². The van der Waals surface area contributed by atoms with Crippen LogP contribution in [0.4, 0.5) is 0 Å². The molecule has 1 aliphatic rings. The summed E-state index contributed by atoms with van der Waals surface area (Å²) in [5.74, 6) is 0.775. The van der Waals surface area contributed by atoms with Crippen molar-refractivity contribution in [3.05, 3.63) is 4.91 Å². The number of nitroso groups, excluding NO2 is 1. The lowest BCUT2D eigenvalue weighted by Crippen LogP contribution is -2.03. The molecule has 16 heavy (non-hydrogen) atoms. The quantitative estimate of drug-likeness (QED) is 0.617. The van der Waals surface area contributed by atoms with E-state index < -0.39 is 0 Å². The topological polar surface area (TPSA) is 29.4 Å². The zero-order valence-electron chi connectivity index (χ0n) is 10.6. The molecule has 1 saturated carbocycles. The van der Waals surface area contributed by atoms with E-state index in [9.17, 15) is 4.91 Å². The van der Waals surface area contributed by atoms with Crippen LogP contribution in [-0.4, -0.2) is 6.54 Å². The van der Waals surface area contributed by atoms with Gasteiger partial charge in [0.05, 0.1) is 6.54 Å². The first-order valence-corrected chi connectivity index (χ1v) is 7.22. The van der Waals surface area contributed by atoms with E-state index in [2.05, 4.69) is 5.18 Å². The van der Waals surface area contributed by atoms with Gasteiger partial charge in [0.1, 0.15) is 0 Å². The van der Waals surface area contributed by atoms with Gasteiger partial charge in [-0.25, -0.2) is 0 Å². The van der Waals surface area contributed by atoms with Gasteiger partial charge in [-0.2, -0.15) is 4.91 Å². The van der Waals surface area contributed by atoms with E-state index in [1.54, 1.807) is 0 Å². The molecule has 0 atom stereocenters. The summed E-state index contributed by atoms with van der Waals surface area (Å²) in [5.41, 5.74) is 0. The Labute approximate surface area is 100 Å². The molecule has 2 heteroatoms. The van der Waals surface area contributed by atoms with E-state index in [0.29, 0.717) is 6.54 Å². The van der Waals surface area contributed by atoms with Crippen molar-refractivity contribution >= 4 is 0 Å². The van der Waals surface area contributed by atoms with Gasteiger partial charge in [0.2, 0.25) is 0 Å². The fourth-order valence-corrected chi connectivity index (χ4v) is 2.77. The predicted molar refractivity (Wildman–Crippen MR) is 69.6 cm³/mol. The van der Waals surface area contributed by atoms with E-state index in [1.807, 2.05) is 0 Å². The van der Waals surface area contributed by atoms with E-state index in [0.717, 1.165) is 12.3 Å². The van der Waals surface area contributed by atoms with Crippen molar-refractivity contribution in [3.63, 3.8) is 0 Å². The number of nitrogens with zero attached hydrogens (tertiary/aromatic N) is 1. The maximum atomic E-state index is 10.2. The Hall–Kier alpha value is -0.400. The van der Waals surface area contributed by atoms with Gasteiger partial charge >= 0.3 is 0 Å². The second-order valence-corrected chi connectivity index (χ2v) is 5.27. The van der Waals surface area contributed by atoms with Crippen LogP contribution in [0.5, 0.6) is 0 Å². The molecular formula is C14H27NO. The molecule has 0 radical (unpaired) electrons. The Morgan fingerprint density at radius 1 is 0.750 bits per heavy atom. The zero-order valence-corrected chi connectivity index (χ0v) is 10.6. The minimum atomic E-state index is 0.532. The van der Waals surface area contributed by atoms with Crippen LogP contribution < -0.4 is 0 Å². The average Bonchev–Trinajstić information content (AvgIpc) is 2.28. The van der Waals surface area contributed by atoms with E-state index in [-0.39, 0.29) is 0 Å². The largest absolute Gasteiger partial charge is 0.151 e. The first-order valence-electron chi connectivity index (χ1n) is 7.22. The molecule has 0 bridgehead atoms. The van der Waals surface area contributed by atoms with E-state index in [1.165, 1.54) is 70.6 Å². The summed E-state index contributed by atoms with van der Waals surface area (Å²) < 4.78 is 0. The summed E-state index contributed by atoms with van der Waals surface area (Å²) in [4.78, 5) is 10.2. The zero-order chi connectivity index (χ0) is 11.5. The highest BCUT2D eigenvalue weighted by Crippen LogP contribution is 2.23. The molecule has 0 amide bonds. The SMILES string of the molecule is O=NCCC1CCCCCCCCCCC1. The van der Waals surface area contributed by atoms with Gasteiger partial charge in [-0.3, -0.25) is 0 Å². The molecule has 0 N–H and O–H groups in total. The highest BCUT2D eigenvalue weighted by atomic mass is 16.3. The molecule has 0 unspecified atom stereocenters. The van der Waals surface area contributed by atoms with Crippen LogP contribution in [0.2, 0.25) is 0 Å². The fraction of sp³-hybridized carbons (Fsp3) is 1.00. The van der Waals surface area contributed by atoms with Crippen molar-refractivity contribution in [2.45, 2.75) is 77.0 Å². The Morgan fingerprint density at radius 2 is 1.19 bits per heavy atom. The molecule has 0 aromatic carbocycles. The Bertz CT molecular complexity index is 158. The monoisotopic (exact) mass is 225 g/mol. The minimum absolute atomic E-state index is 0.532. The first kappa shape index (κ1) is 13.7. The lowest BCUT2D eigenvalue weighted by molar-refractivity contribution is 0.378. The van der Waals surface area contributed by atoms with E-state index in [4.69, 9.17) is 0 Å². The first-order chi connectivity index (χ1) is 7.93. The smallest absolute Gasteiger partial charge is 0.0813 e. The molecule has 0 heterocycles. The van der Waals surface area contributed by atoms with Crippen LogP contribution in [0.15, 0.2) is 5.18 Å². The van der Waals surface area contributed by atoms with Gasteiger partial charge in [-0.05, 0) is 12.3 Å². The summed E-state index contributed by atoms with van der Waals surface area (Å²) in [5, 5.41) is 3.01. The summed E-state index contributed by atoms with van der Waals surface area (Å²) >= 11 is 0. The summed E-state index contributed by atoms with van der Waals surface area (Å²) in [6.07, 6.45) is 16.3. The van der Waals surface area contributed by atoms with Crippen LogP contribution >= 0.6 is 0 Å². The predicted octanol–water partition coefficient (Wildman–Crippen LogP) is 5.06. The second-order valence-electron chi connectivity index (χ2n) is 5.27. The van der Waals surface area contributed by atoms with Crippen molar-refractivity contribution in [2.24, 2.45) is 11.1 Å². The van der Waals surface area contributed by atoms with Crippen molar-refractivity contribution in [1.29, 1.82) is 0 Å². The Morgan fingerprint density at radius 3 is 1.62 bits per heavy atom. The van der Waals surface area contributed by atoms with Crippen LogP contribution in [0.1, 0.15) is 77.0 Å². The van der Waals surface area contributed by atoms with Gasteiger partial charge < -0.3 is 0 Å². The third-order valence-corrected chi connectivity index (χ3v) is 3.85. The maximum absolute atomic E-state index is 10.2. The number of hydrogen-bond donors (Lipinski definition) is 0. The molecule has 1 fully saturated rings. The molecule has 0 aromatic heterocycles. The standard InChI is InChI=1S/C14H27NO/c16-15-13-12-14-10-8-6-4-2-1-3-5-7-9-11-14/h14H,1-13H2. The molecule has 0 aliphatic heterocycles. The van der Waals surface area contributed by atoms with Gasteiger partial charge in [0.25, 0.3) is 0 Å². The highest BCUT2D eigenvalue weighted by Gasteiger charge is 2.09. The second kappa shape index (κ2) is 9.80. The summed E-state index contributed by atoms with van der Waals surface area (Å²) in [7, 11) is 0. The van der Waals surface area contributed by atoms with Crippen LogP contribution in [0.25, 0.3) is 0 Å². The molecule has 0 spiro atoms. The molecular weight excluding hydrogens is 198 g/mol. The summed E-state index contributed by atoms with van der Waals surface area (Å²) in [6, 6.07) is 0. The van der Waals surface area contributed by atoms with E-state index >= 15 is 0 Å². The van der Waals surface area contributed by atoms with Gasteiger partial charge in [-0.1, -0.05) is 75.8 Å². The minimum Gasteiger partial charge on any atom is -0.151 e. The number of hydrogen-bond acceptors (Lipinski definition) is 2. The Kier molecular flexibility index (Phi) is 8.37. The fourth-order valence-electron chi connectivity index (χ4n) is 2.77. The van der Waals surface area contributed by atoms with Gasteiger partial charge in [0.15, 0.2) is 0 Å². The summed E-state index contributed by atoms with van der Waals surface area (Å²) in [6.45, 7) is 0.532. The van der Waals surface area contributed by atoms with Crippen molar-refractivity contribution < 1.29 is 0 Å². The third-order valence-electron chi connectivity index (χ3n) is 3.85. The molecule has 1 aliphatic carbocycles. The molecule has 0 aromatic rings. The van der Waals surface area contributed by atoms with Crippen LogP contribution in [0.3, 0.4) is 0 Å². The van der Waals surface area contributed by atoms with Crippen molar-refractivity contribution in [1.82, 2.24) is 0 Å².